The summed E-state index contributed by atoms with van der Waals surface area (Å²) in [6.07, 6.45) is 2.64. The standard InChI is InChI=1S/C24H26N2O4/c1-24(2,3)19-13-16(26-10-9-21(28)25-23(26)29)12-18(22(19)30-4)15-5-7-17-14(11-15)6-8-20(17)27/h5,7,9-13,20,27H,6,8H2,1-4H3,(H,25,28,29). The van der Waals surface area contributed by atoms with Crippen molar-refractivity contribution in [1.29, 1.82) is 0 Å². The summed E-state index contributed by atoms with van der Waals surface area (Å²) in [5.41, 5.74) is 4.37. The largest absolute Gasteiger partial charge is 0.496 e. The zero-order valence-corrected chi connectivity index (χ0v) is 17.7. The van der Waals surface area contributed by atoms with Gasteiger partial charge in [-0.25, -0.2) is 4.79 Å². The van der Waals surface area contributed by atoms with Crippen LogP contribution in [0.1, 0.15) is 50.0 Å². The first-order valence-electron chi connectivity index (χ1n) is 10.0. The van der Waals surface area contributed by atoms with E-state index in [0.717, 1.165) is 46.4 Å². The minimum absolute atomic E-state index is 0.241. The van der Waals surface area contributed by atoms with Crippen molar-refractivity contribution < 1.29 is 9.84 Å². The topological polar surface area (TPSA) is 84.3 Å². The SMILES string of the molecule is COc1c(-c2ccc3c(c2)CCC3O)cc(-n2ccc(=O)[nH]c2=O)cc1C(C)(C)C. The van der Waals surface area contributed by atoms with E-state index in [2.05, 4.69) is 31.8 Å². The Hall–Kier alpha value is -3.12. The van der Waals surface area contributed by atoms with Crippen LogP contribution in [0.15, 0.2) is 52.2 Å². The Labute approximate surface area is 174 Å². The van der Waals surface area contributed by atoms with Gasteiger partial charge in [0.2, 0.25) is 0 Å². The van der Waals surface area contributed by atoms with Crippen LogP contribution in [0.2, 0.25) is 0 Å². The maximum Gasteiger partial charge on any atom is 0.332 e. The van der Waals surface area contributed by atoms with Crippen LogP contribution in [-0.2, 0) is 11.8 Å². The molecule has 4 rings (SSSR count). The first kappa shape index (κ1) is 20.2. The van der Waals surface area contributed by atoms with Crippen molar-refractivity contribution in [2.24, 2.45) is 0 Å². The summed E-state index contributed by atoms with van der Waals surface area (Å²) in [6.45, 7) is 6.27. The predicted molar refractivity (Wildman–Crippen MR) is 117 cm³/mol. The van der Waals surface area contributed by atoms with Crippen LogP contribution < -0.4 is 16.0 Å². The van der Waals surface area contributed by atoms with E-state index in [1.165, 1.54) is 16.8 Å². The molecule has 1 heterocycles. The maximum atomic E-state index is 12.4. The number of nitrogens with zero attached hydrogens (tertiary/aromatic N) is 1. The van der Waals surface area contributed by atoms with E-state index in [0.29, 0.717) is 5.69 Å². The van der Waals surface area contributed by atoms with Gasteiger partial charge in [0.15, 0.2) is 0 Å². The van der Waals surface area contributed by atoms with E-state index in [1.54, 1.807) is 7.11 Å². The highest BCUT2D eigenvalue weighted by molar-refractivity contribution is 5.76. The van der Waals surface area contributed by atoms with Crippen molar-refractivity contribution in [3.63, 3.8) is 0 Å². The summed E-state index contributed by atoms with van der Waals surface area (Å²) >= 11 is 0. The van der Waals surface area contributed by atoms with Crippen LogP contribution in [0.3, 0.4) is 0 Å². The van der Waals surface area contributed by atoms with Crippen LogP contribution >= 0.6 is 0 Å². The van der Waals surface area contributed by atoms with E-state index in [-0.39, 0.29) is 5.41 Å². The van der Waals surface area contributed by atoms with E-state index in [1.807, 2.05) is 24.3 Å². The number of fused-ring (bicyclic) bond motifs is 1. The molecule has 1 unspecified atom stereocenters. The third-order valence-electron chi connectivity index (χ3n) is 5.69. The predicted octanol–water partition coefficient (Wildman–Crippen LogP) is 3.48. The number of nitrogens with one attached hydrogen (secondary N) is 1. The molecule has 0 fully saturated rings. The third kappa shape index (κ3) is 3.48. The molecule has 0 aliphatic heterocycles. The summed E-state index contributed by atoms with van der Waals surface area (Å²) in [7, 11) is 1.65. The molecule has 0 bridgehead atoms. The molecule has 2 aromatic carbocycles. The molecule has 1 aromatic heterocycles. The van der Waals surface area contributed by atoms with Gasteiger partial charge in [-0.2, -0.15) is 0 Å². The number of aromatic nitrogens is 2. The van der Waals surface area contributed by atoms with Crippen molar-refractivity contribution in [3.8, 4) is 22.6 Å². The van der Waals surface area contributed by atoms with E-state index < -0.39 is 17.4 Å². The molecule has 1 aliphatic carbocycles. The highest BCUT2D eigenvalue weighted by Crippen LogP contribution is 2.42. The molecule has 6 nitrogen and oxygen atoms in total. The maximum absolute atomic E-state index is 12.4. The lowest BCUT2D eigenvalue weighted by atomic mass is 9.83. The van der Waals surface area contributed by atoms with Crippen molar-refractivity contribution in [3.05, 3.63) is 80.1 Å². The molecule has 6 heteroatoms. The van der Waals surface area contributed by atoms with Gasteiger partial charge in [-0.15, -0.1) is 0 Å². The zero-order valence-electron chi connectivity index (χ0n) is 17.7. The van der Waals surface area contributed by atoms with Gasteiger partial charge in [0.25, 0.3) is 5.56 Å². The highest BCUT2D eigenvalue weighted by Gasteiger charge is 2.25. The molecule has 30 heavy (non-hydrogen) atoms. The zero-order chi connectivity index (χ0) is 21.6. The second-order valence-electron chi connectivity index (χ2n) is 8.77. The van der Waals surface area contributed by atoms with Gasteiger partial charge in [0.05, 0.1) is 18.9 Å². The Morgan fingerprint density at radius 3 is 2.57 bits per heavy atom. The molecule has 156 valence electrons. The molecule has 0 radical (unpaired) electrons. The van der Waals surface area contributed by atoms with Crippen molar-refractivity contribution in [2.75, 3.05) is 7.11 Å². The van der Waals surface area contributed by atoms with E-state index >= 15 is 0 Å². The van der Waals surface area contributed by atoms with Crippen molar-refractivity contribution >= 4 is 0 Å². The quantitative estimate of drug-likeness (QED) is 0.698. The minimum atomic E-state index is -0.490. The summed E-state index contributed by atoms with van der Waals surface area (Å²) in [6, 6.07) is 11.2. The fourth-order valence-electron chi connectivity index (χ4n) is 4.13. The Morgan fingerprint density at radius 1 is 1.13 bits per heavy atom. The molecule has 1 aliphatic rings. The lowest BCUT2D eigenvalue weighted by Gasteiger charge is -2.26. The van der Waals surface area contributed by atoms with Gasteiger partial charge in [0.1, 0.15) is 5.75 Å². The Morgan fingerprint density at radius 2 is 1.90 bits per heavy atom. The first-order chi connectivity index (χ1) is 14.2. The smallest absolute Gasteiger partial charge is 0.332 e. The van der Waals surface area contributed by atoms with Gasteiger partial charge in [-0.1, -0.05) is 39.0 Å². The van der Waals surface area contributed by atoms with Gasteiger partial charge in [-0.05, 0) is 47.1 Å². The molecular weight excluding hydrogens is 380 g/mol. The third-order valence-corrected chi connectivity index (χ3v) is 5.69. The molecule has 0 saturated carbocycles. The number of aromatic amines is 1. The lowest BCUT2D eigenvalue weighted by molar-refractivity contribution is 0.180. The molecular formula is C24H26N2O4. The Kier molecular flexibility index (Phi) is 4.90. The van der Waals surface area contributed by atoms with Gasteiger partial charge < -0.3 is 9.84 Å². The molecule has 0 amide bonds. The number of aliphatic hydroxyl groups is 1. The molecule has 3 aromatic rings. The van der Waals surface area contributed by atoms with Crippen LogP contribution in [-0.4, -0.2) is 21.8 Å². The summed E-state index contributed by atoms with van der Waals surface area (Å²) in [4.78, 5) is 26.3. The lowest BCUT2D eigenvalue weighted by Crippen LogP contribution is -2.27. The number of hydrogen-bond donors (Lipinski definition) is 2. The second-order valence-corrected chi connectivity index (χ2v) is 8.77. The number of benzene rings is 2. The highest BCUT2D eigenvalue weighted by atomic mass is 16.5. The number of H-pyrrole nitrogens is 1. The summed E-state index contributed by atoms with van der Waals surface area (Å²) in [5.74, 6) is 0.752. The molecule has 2 N–H and O–H groups in total. The van der Waals surface area contributed by atoms with Crippen molar-refractivity contribution in [1.82, 2.24) is 9.55 Å². The second kappa shape index (κ2) is 7.29. The van der Waals surface area contributed by atoms with E-state index in [4.69, 9.17) is 4.74 Å². The van der Waals surface area contributed by atoms with Crippen LogP contribution in [0.25, 0.3) is 16.8 Å². The summed E-state index contributed by atoms with van der Waals surface area (Å²) < 4.78 is 7.27. The van der Waals surface area contributed by atoms with E-state index in [9.17, 15) is 14.7 Å². The number of hydrogen-bond acceptors (Lipinski definition) is 4. The fraction of sp³-hybridized carbons (Fsp3) is 0.333. The molecule has 0 saturated heterocycles. The number of aliphatic hydroxyl groups excluding tert-OH is 1. The number of ether oxygens (including phenoxy) is 1. The monoisotopic (exact) mass is 406 g/mol. The van der Waals surface area contributed by atoms with Crippen LogP contribution in [0.5, 0.6) is 5.75 Å². The first-order valence-corrected chi connectivity index (χ1v) is 10.0. The number of methoxy groups -OCH3 is 1. The van der Waals surface area contributed by atoms with Gasteiger partial charge >= 0.3 is 5.69 Å². The Bertz CT molecular complexity index is 1230. The van der Waals surface area contributed by atoms with Gasteiger partial charge in [0, 0.05) is 23.4 Å². The average molecular weight is 406 g/mol. The van der Waals surface area contributed by atoms with Crippen LogP contribution in [0.4, 0.5) is 0 Å². The molecule has 0 spiro atoms. The number of aryl methyl sites for hydroxylation is 1. The Balaban J connectivity index is 2.00. The average Bonchev–Trinajstić information content (AvgIpc) is 3.06. The molecule has 1 atom stereocenters. The normalized spacial score (nSPS) is 15.8. The minimum Gasteiger partial charge on any atom is -0.496 e. The van der Waals surface area contributed by atoms with Gasteiger partial charge in [-0.3, -0.25) is 14.3 Å². The van der Waals surface area contributed by atoms with Crippen molar-refractivity contribution in [2.45, 2.75) is 45.1 Å². The number of rotatable bonds is 3. The summed E-state index contributed by atoms with van der Waals surface area (Å²) in [5, 5.41) is 10.1. The fourth-order valence-corrected chi connectivity index (χ4v) is 4.13. The van der Waals surface area contributed by atoms with Crippen LogP contribution in [0, 0.1) is 0 Å².